The van der Waals surface area contributed by atoms with Crippen LogP contribution in [0, 0.1) is 11.8 Å². The lowest BCUT2D eigenvalue weighted by atomic mass is 9.73. The summed E-state index contributed by atoms with van der Waals surface area (Å²) < 4.78 is 0. The highest BCUT2D eigenvalue weighted by Gasteiger charge is 2.26. The van der Waals surface area contributed by atoms with E-state index >= 15 is 0 Å². The molecule has 1 unspecified atom stereocenters. The predicted octanol–water partition coefficient (Wildman–Crippen LogP) is 4.43. The number of fused-ring (bicyclic) bond motifs is 1. The van der Waals surface area contributed by atoms with Gasteiger partial charge >= 0.3 is 0 Å². The van der Waals surface area contributed by atoms with Gasteiger partial charge in [0.1, 0.15) is 0 Å². The molecule has 1 aromatic carbocycles. The highest BCUT2D eigenvalue weighted by Crippen LogP contribution is 2.38. The third kappa shape index (κ3) is 2.93. The van der Waals surface area contributed by atoms with E-state index in [0.29, 0.717) is 5.92 Å². The molecule has 0 spiro atoms. The Morgan fingerprint density at radius 1 is 1.05 bits per heavy atom. The van der Waals surface area contributed by atoms with Gasteiger partial charge in [0.15, 0.2) is 0 Å². The average molecular weight is 271 g/mol. The van der Waals surface area contributed by atoms with Gasteiger partial charge in [-0.1, -0.05) is 38.0 Å². The number of aryl methyl sites for hydroxylation is 2. The van der Waals surface area contributed by atoms with E-state index < -0.39 is 0 Å². The molecule has 20 heavy (non-hydrogen) atoms. The van der Waals surface area contributed by atoms with E-state index in [1.807, 2.05) is 0 Å². The van der Waals surface area contributed by atoms with Crippen LogP contribution in [-0.2, 0) is 12.8 Å². The molecule has 1 nitrogen and oxygen atoms in total. The Balaban J connectivity index is 1.78. The lowest BCUT2D eigenvalue weighted by Crippen LogP contribution is -2.25. The molecule has 2 aliphatic carbocycles. The van der Waals surface area contributed by atoms with Crippen molar-refractivity contribution in [1.82, 2.24) is 0 Å². The predicted molar refractivity (Wildman–Crippen MR) is 86.0 cm³/mol. The second-order valence-electron chi connectivity index (χ2n) is 7.10. The van der Waals surface area contributed by atoms with Gasteiger partial charge in [0.05, 0.1) is 0 Å². The highest BCUT2D eigenvalue weighted by molar-refractivity contribution is 5.36. The second-order valence-corrected chi connectivity index (χ2v) is 7.10. The molecule has 1 saturated carbocycles. The Morgan fingerprint density at radius 2 is 1.75 bits per heavy atom. The lowest BCUT2D eigenvalue weighted by Gasteiger charge is -2.33. The number of hydrogen-bond acceptors (Lipinski definition) is 1. The van der Waals surface area contributed by atoms with E-state index in [4.69, 9.17) is 5.73 Å². The summed E-state index contributed by atoms with van der Waals surface area (Å²) in [5.41, 5.74) is 10.9. The van der Waals surface area contributed by atoms with Crippen LogP contribution in [0.4, 0.5) is 0 Å². The van der Waals surface area contributed by atoms with Gasteiger partial charge in [-0.25, -0.2) is 0 Å². The number of benzene rings is 1. The third-order valence-corrected chi connectivity index (χ3v) is 5.68. The lowest BCUT2D eigenvalue weighted by molar-refractivity contribution is 0.256. The van der Waals surface area contributed by atoms with Crippen molar-refractivity contribution in [1.29, 1.82) is 0 Å². The molecular weight excluding hydrogens is 242 g/mol. The smallest absolute Gasteiger partial charge is 0.000556 e. The van der Waals surface area contributed by atoms with E-state index in [2.05, 4.69) is 25.1 Å². The van der Waals surface area contributed by atoms with Crippen molar-refractivity contribution in [2.45, 2.75) is 64.2 Å². The van der Waals surface area contributed by atoms with Crippen molar-refractivity contribution in [3.63, 3.8) is 0 Å². The zero-order valence-electron chi connectivity index (χ0n) is 12.9. The fraction of sp³-hybridized carbons (Fsp3) is 0.684. The molecule has 1 fully saturated rings. The minimum absolute atomic E-state index is 0.592. The van der Waals surface area contributed by atoms with Gasteiger partial charge in [0.25, 0.3) is 0 Å². The molecule has 2 aliphatic rings. The Bertz CT molecular complexity index is 443. The minimum Gasteiger partial charge on any atom is -0.330 e. The summed E-state index contributed by atoms with van der Waals surface area (Å²) in [7, 11) is 0. The van der Waals surface area contributed by atoms with Crippen LogP contribution in [0.1, 0.15) is 68.1 Å². The van der Waals surface area contributed by atoms with E-state index in [0.717, 1.165) is 18.4 Å². The maximum atomic E-state index is 6.15. The van der Waals surface area contributed by atoms with Crippen LogP contribution in [0.25, 0.3) is 0 Å². The van der Waals surface area contributed by atoms with E-state index in [9.17, 15) is 0 Å². The summed E-state index contributed by atoms with van der Waals surface area (Å²) in [5, 5.41) is 0. The van der Waals surface area contributed by atoms with Gasteiger partial charge in [0.2, 0.25) is 0 Å². The normalized spacial score (nSPS) is 27.9. The molecule has 0 saturated heterocycles. The molecule has 110 valence electrons. The van der Waals surface area contributed by atoms with E-state index in [1.54, 1.807) is 11.1 Å². The SMILES string of the molecule is CC1CCC(C(CN)c2ccc3c(c2)CCCC3)CC1. The third-order valence-electron chi connectivity index (χ3n) is 5.68. The van der Waals surface area contributed by atoms with Crippen molar-refractivity contribution in [2.24, 2.45) is 17.6 Å². The molecule has 3 rings (SSSR count). The van der Waals surface area contributed by atoms with Crippen LogP contribution < -0.4 is 5.73 Å². The number of rotatable bonds is 3. The molecule has 2 N–H and O–H groups in total. The van der Waals surface area contributed by atoms with Crippen LogP contribution in [0.5, 0.6) is 0 Å². The van der Waals surface area contributed by atoms with Crippen molar-refractivity contribution in [2.75, 3.05) is 6.54 Å². The minimum atomic E-state index is 0.592. The molecule has 1 aromatic rings. The quantitative estimate of drug-likeness (QED) is 0.864. The summed E-state index contributed by atoms with van der Waals surface area (Å²) >= 11 is 0. The largest absolute Gasteiger partial charge is 0.330 e. The monoisotopic (exact) mass is 271 g/mol. The van der Waals surface area contributed by atoms with Crippen LogP contribution >= 0.6 is 0 Å². The Labute approximate surface area is 124 Å². The van der Waals surface area contributed by atoms with Gasteiger partial charge in [-0.15, -0.1) is 0 Å². The van der Waals surface area contributed by atoms with Crippen LogP contribution in [0.2, 0.25) is 0 Å². The molecule has 0 bridgehead atoms. The van der Waals surface area contributed by atoms with Crippen molar-refractivity contribution < 1.29 is 0 Å². The molecule has 0 heterocycles. The fourth-order valence-electron chi connectivity index (χ4n) is 4.27. The Morgan fingerprint density at radius 3 is 2.45 bits per heavy atom. The fourth-order valence-corrected chi connectivity index (χ4v) is 4.27. The molecule has 0 amide bonds. The molecule has 1 atom stereocenters. The second kappa shape index (κ2) is 6.30. The number of nitrogens with two attached hydrogens (primary N) is 1. The first-order valence-corrected chi connectivity index (χ1v) is 8.59. The summed E-state index contributed by atoms with van der Waals surface area (Å²) in [6.45, 7) is 3.21. The van der Waals surface area contributed by atoms with E-state index in [-0.39, 0.29) is 0 Å². The van der Waals surface area contributed by atoms with Crippen LogP contribution in [-0.4, -0.2) is 6.54 Å². The Hall–Kier alpha value is -0.820. The van der Waals surface area contributed by atoms with Gasteiger partial charge < -0.3 is 5.73 Å². The summed E-state index contributed by atoms with van der Waals surface area (Å²) in [4.78, 5) is 0. The van der Waals surface area contributed by atoms with Crippen LogP contribution in [0.3, 0.4) is 0 Å². The van der Waals surface area contributed by atoms with Gasteiger partial charge in [-0.05, 0) is 79.5 Å². The molecule has 0 aromatic heterocycles. The number of hydrogen-bond donors (Lipinski definition) is 1. The van der Waals surface area contributed by atoms with Gasteiger partial charge in [-0.3, -0.25) is 0 Å². The van der Waals surface area contributed by atoms with Crippen LogP contribution in [0.15, 0.2) is 18.2 Å². The average Bonchev–Trinajstić information content (AvgIpc) is 2.50. The zero-order chi connectivity index (χ0) is 13.9. The topological polar surface area (TPSA) is 26.0 Å². The first-order valence-electron chi connectivity index (χ1n) is 8.59. The first-order chi connectivity index (χ1) is 9.78. The maximum absolute atomic E-state index is 6.15. The van der Waals surface area contributed by atoms with Crippen molar-refractivity contribution >= 4 is 0 Å². The highest BCUT2D eigenvalue weighted by atomic mass is 14.6. The maximum Gasteiger partial charge on any atom is -0.000556 e. The molecule has 0 aliphatic heterocycles. The molecule has 1 heteroatoms. The molecule has 0 radical (unpaired) electrons. The zero-order valence-corrected chi connectivity index (χ0v) is 12.9. The first kappa shape index (κ1) is 14.1. The molecular formula is C19H29N. The summed E-state index contributed by atoms with van der Waals surface area (Å²) in [6.07, 6.45) is 10.8. The van der Waals surface area contributed by atoms with Crippen molar-refractivity contribution in [3.05, 3.63) is 34.9 Å². The Kier molecular flexibility index (Phi) is 4.45. The van der Waals surface area contributed by atoms with E-state index in [1.165, 1.54) is 56.9 Å². The summed E-state index contributed by atoms with van der Waals surface area (Å²) in [6, 6.07) is 7.25. The van der Waals surface area contributed by atoms with Gasteiger partial charge in [-0.2, -0.15) is 0 Å². The van der Waals surface area contributed by atoms with Gasteiger partial charge in [0, 0.05) is 0 Å². The standard InChI is InChI=1S/C19H29N/c1-14-6-8-16(9-7-14)19(13-20)18-11-10-15-4-2-3-5-17(15)12-18/h10-12,14,16,19H,2-9,13,20H2,1H3. The summed E-state index contributed by atoms with van der Waals surface area (Å²) in [5.74, 6) is 2.33. The van der Waals surface area contributed by atoms with Crippen molar-refractivity contribution in [3.8, 4) is 0 Å².